The van der Waals surface area contributed by atoms with Gasteiger partial charge >= 0.3 is 6.09 Å². The SMILES string of the molecule is O=C(N[C@H]1CCCCC/C=C\C2C[C@@]2(C(=O)NS(=O)(=O)C2CC2)NC(=O)[C@@H]2C[C@@H](O/N=C/c3ccccc3-c3ccccc3)CN2C1=O)OC1CCCC1. The number of carbonyl (C=O) groups is 4. The van der Waals surface area contributed by atoms with Gasteiger partial charge in [-0.05, 0) is 75.3 Å². The Hall–Kier alpha value is -4.72. The molecule has 0 spiro atoms. The van der Waals surface area contributed by atoms with Gasteiger partial charge in [0.15, 0.2) is 0 Å². The molecule has 2 heterocycles. The number of fused-ring (bicyclic) bond motifs is 2. The van der Waals surface area contributed by atoms with E-state index in [-0.39, 0.29) is 25.5 Å². The fourth-order valence-electron chi connectivity index (χ4n) is 7.84. The average molecular weight is 760 g/mol. The van der Waals surface area contributed by atoms with Crippen LogP contribution in [-0.4, -0.2) is 85.0 Å². The van der Waals surface area contributed by atoms with Crippen LogP contribution in [0.15, 0.2) is 71.9 Å². The number of oxime groups is 1. The first-order chi connectivity index (χ1) is 26.1. The Kier molecular flexibility index (Phi) is 11.4. The number of nitrogens with zero attached hydrogens (tertiary/aromatic N) is 2. The Morgan fingerprint density at radius 2 is 1.65 bits per heavy atom. The Morgan fingerprint density at radius 3 is 2.43 bits per heavy atom. The van der Waals surface area contributed by atoms with E-state index in [1.807, 2.05) is 66.7 Å². The van der Waals surface area contributed by atoms with Crippen LogP contribution in [0.1, 0.15) is 89.0 Å². The Balaban J connectivity index is 1.13. The van der Waals surface area contributed by atoms with Crippen LogP contribution in [-0.2, 0) is 34.0 Å². The second kappa shape index (κ2) is 16.3. The monoisotopic (exact) mass is 759 g/mol. The van der Waals surface area contributed by atoms with E-state index >= 15 is 0 Å². The third-order valence-electron chi connectivity index (χ3n) is 11.2. The Morgan fingerprint density at radius 1 is 0.907 bits per heavy atom. The van der Waals surface area contributed by atoms with Gasteiger partial charge in [-0.3, -0.25) is 19.1 Å². The molecule has 3 saturated carbocycles. The standard InChI is InChI=1S/C40H49N5O8S/c46-36-35-23-31(53-41-25-28-15-9-12-19-33(28)27-13-5-4-6-14-27)26-45(35)37(47)34(42-39(49)52-30-17-10-11-18-30)20-8-3-1-2-7-16-29-24-40(29,43-36)38(48)44-54(50,51)32-21-22-32/h4-7,9,12-16,19,25,29-32,34-35H,1-3,8,10-11,17-18,20-24,26H2,(H,42,49)(H,43,46)(H,44,48)/b16-7-,41-25+/t29?,31-,34+,35+,40-/m1/s1. The molecule has 2 aromatic rings. The lowest BCUT2D eigenvalue weighted by Gasteiger charge is -2.30. The van der Waals surface area contributed by atoms with Crippen molar-refractivity contribution in [2.75, 3.05) is 6.54 Å². The second-order valence-electron chi connectivity index (χ2n) is 15.2. The molecular weight excluding hydrogens is 711 g/mol. The van der Waals surface area contributed by atoms with Crippen molar-refractivity contribution in [2.45, 2.75) is 119 Å². The van der Waals surface area contributed by atoms with Gasteiger partial charge in [-0.2, -0.15) is 0 Å². The lowest BCUT2D eigenvalue weighted by molar-refractivity contribution is -0.141. The zero-order chi connectivity index (χ0) is 37.7. The quantitative estimate of drug-likeness (QED) is 0.187. The van der Waals surface area contributed by atoms with Gasteiger partial charge in [0.1, 0.15) is 29.8 Å². The number of ether oxygens (including phenoxy) is 1. The van der Waals surface area contributed by atoms with Crippen molar-refractivity contribution in [3.8, 4) is 11.1 Å². The molecule has 2 aliphatic heterocycles. The highest BCUT2D eigenvalue weighted by molar-refractivity contribution is 7.91. The fraction of sp³-hybridized carbons (Fsp3) is 0.525. The van der Waals surface area contributed by atoms with Crippen LogP contribution in [0.4, 0.5) is 4.79 Å². The molecule has 0 aromatic heterocycles. The molecule has 0 bridgehead atoms. The molecule has 3 N–H and O–H groups in total. The minimum absolute atomic E-state index is 0.00301. The summed E-state index contributed by atoms with van der Waals surface area (Å²) in [6.45, 7) is 0.00301. The molecule has 5 aliphatic rings. The minimum Gasteiger partial charge on any atom is -0.446 e. The molecule has 3 aliphatic carbocycles. The number of sulfonamides is 1. The first-order valence-corrected chi connectivity index (χ1v) is 20.8. The predicted molar refractivity (Wildman–Crippen MR) is 201 cm³/mol. The summed E-state index contributed by atoms with van der Waals surface area (Å²) in [5, 5.41) is 9.36. The number of rotatable bonds is 9. The molecular formula is C40H49N5O8S. The van der Waals surface area contributed by atoms with Crippen LogP contribution in [0.25, 0.3) is 11.1 Å². The number of hydrogen-bond donors (Lipinski definition) is 3. The number of allylic oxidation sites excluding steroid dienone is 1. The number of amides is 4. The summed E-state index contributed by atoms with van der Waals surface area (Å²) in [5.41, 5.74) is 1.30. The van der Waals surface area contributed by atoms with E-state index in [0.717, 1.165) is 55.2 Å². The normalized spacial score (nSPS) is 28.6. The van der Waals surface area contributed by atoms with Crippen molar-refractivity contribution in [2.24, 2.45) is 11.1 Å². The van der Waals surface area contributed by atoms with Gasteiger partial charge in [0.2, 0.25) is 21.8 Å². The summed E-state index contributed by atoms with van der Waals surface area (Å²) in [5.74, 6) is -2.25. The maximum atomic E-state index is 14.4. The van der Waals surface area contributed by atoms with E-state index in [1.165, 1.54) is 4.90 Å². The molecule has 4 fully saturated rings. The smallest absolute Gasteiger partial charge is 0.408 e. The van der Waals surface area contributed by atoms with E-state index in [0.29, 0.717) is 32.1 Å². The number of carbonyl (C=O) groups excluding carboxylic acids is 4. The molecule has 2 aromatic carbocycles. The van der Waals surface area contributed by atoms with Gasteiger partial charge < -0.3 is 25.1 Å². The van der Waals surface area contributed by atoms with Crippen LogP contribution in [0.5, 0.6) is 0 Å². The topological polar surface area (TPSA) is 173 Å². The third kappa shape index (κ3) is 8.80. The molecule has 4 amide bonds. The highest BCUT2D eigenvalue weighted by Gasteiger charge is 2.62. The predicted octanol–water partition coefficient (Wildman–Crippen LogP) is 4.71. The fourth-order valence-corrected chi connectivity index (χ4v) is 9.20. The summed E-state index contributed by atoms with van der Waals surface area (Å²) in [4.78, 5) is 62.8. The van der Waals surface area contributed by atoms with Crippen molar-refractivity contribution >= 4 is 40.1 Å². The lowest BCUT2D eigenvalue weighted by atomic mass is 10.0. The largest absolute Gasteiger partial charge is 0.446 e. The molecule has 0 radical (unpaired) electrons. The Bertz CT molecular complexity index is 1880. The zero-order valence-electron chi connectivity index (χ0n) is 30.4. The highest BCUT2D eigenvalue weighted by Crippen LogP contribution is 2.46. The summed E-state index contributed by atoms with van der Waals surface area (Å²) in [7, 11) is -3.87. The molecule has 13 nitrogen and oxygen atoms in total. The highest BCUT2D eigenvalue weighted by atomic mass is 32.2. The summed E-state index contributed by atoms with van der Waals surface area (Å²) in [6, 6.07) is 15.6. The van der Waals surface area contributed by atoms with Crippen LogP contribution >= 0.6 is 0 Å². The molecule has 7 rings (SSSR count). The zero-order valence-corrected chi connectivity index (χ0v) is 31.2. The molecule has 14 heteroatoms. The van der Waals surface area contributed by atoms with E-state index in [4.69, 9.17) is 9.57 Å². The lowest BCUT2D eigenvalue weighted by Crippen LogP contribution is -2.58. The van der Waals surface area contributed by atoms with E-state index in [1.54, 1.807) is 6.21 Å². The van der Waals surface area contributed by atoms with Crippen molar-refractivity contribution in [3.63, 3.8) is 0 Å². The van der Waals surface area contributed by atoms with Crippen LogP contribution in [0.2, 0.25) is 0 Å². The van der Waals surface area contributed by atoms with Crippen LogP contribution in [0.3, 0.4) is 0 Å². The third-order valence-corrected chi connectivity index (χ3v) is 13.0. The van der Waals surface area contributed by atoms with Gasteiger partial charge in [-0.15, -0.1) is 0 Å². The molecule has 1 saturated heterocycles. The minimum atomic E-state index is -3.87. The number of hydrogen-bond acceptors (Lipinski definition) is 9. The maximum Gasteiger partial charge on any atom is 0.408 e. The van der Waals surface area contributed by atoms with Gasteiger partial charge in [0.25, 0.3) is 5.91 Å². The first kappa shape index (κ1) is 37.6. The maximum absolute atomic E-state index is 14.4. The van der Waals surface area contributed by atoms with Gasteiger partial charge in [0, 0.05) is 17.9 Å². The van der Waals surface area contributed by atoms with Crippen molar-refractivity contribution in [1.29, 1.82) is 0 Å². The van der Waals surface area contributed by atoms with Crippen molar-refractivity contribution in [3.05, 3.63) is 72.3 Å². The van der Waals surface area contributed by atoms with Gasteiger partial charge in [0.05, 0.1) is 18.0 Å². The first-order valence-electron chi connectivity index (χ1n) is 19.3. The van der Waals surface area contributed by atoms with E-state index in [9.17, 15) is 27.6 Å². The van der Waals surface area contributed by atoms with Gasteiger partial charge in [-0.25, -0.2) is 13.2 Å². The van der Waals surface area contributed by atoms with E-state index in [2.05, 4.69) is 20.5 Å². The summed E-state index contributed by atoms with van der Waals surface area (Å²) >= 11 is 0. The number of alkyl carbamates (subject to hydrolysis) is 1. The van der Waals surface area contributed by atoms with Crippen molar-refractivity contribution < 1.29 is 37.2 Å². The molecule has 1 unspecified atom stereocenters. The Labute approximate surface area is 316 Å². The van der Waals surface area contributed by atoms with E-state index < -0.39 is 68.7 Å². The second-order valence-corrected chi connectivity index (χ2v) is 17.1. The summed E-state index contributed by atoms with van der Waals surface area (Å²) < 4.78 is 33.5. The molecule has 288 valence electrons. The van der Waals surface area contributed by atoms with Crippen LogP contribution in [0, 0.1) is 5.92 Å². The van der Waals surface area contributed by atoms with Gasteiger partial charge in [-0.1, -0.05) is 84.7 Å². The van der Waals surface area contributed by atoms with Crippen LogP contribution < -0.4 is 15.4 Å². The molecule has 54 heavy (non-hydrogen) atoms. The summed E-state index contributed by atoms with van der Waals surface area (Å²) in [6.07, 6.45) is 12.0. The van der Waals surface area contributed by atoms with Crippen molar-refractivity contribution in [1.82, 2.24) is 20.3 Å². The molecule has 5 atom stereocenters. The average Bonchev–Trinajstić information content (AvgIpc) is 4.04. The number of benzene rings is 2. The number of nitrogens with one attached hydrogen (secondary N) is 3.